The number of aryl methyl sites for hydroxylation is 1. The van der Waals surface area contributed by atoms with E-state index in [9.17, 15) is 4.79 Å². The Morgan fingerprint density at radius 1 is 1.50 bits per heavy atom. The van der Waals surface area contributed by atoms with E-state index in [4.69, 9.17) is 17.3 Å². The third kappa shape index (κ3) is 2.84. The molecule has 0 saturated heterocycles. The molecule has 1 aromatic heterocycles. The van der Waals surface area contributed by atoms with Gasteiger partial charge in [0.25, 0.3) is 0 Å². The molecule has 0 bridgehead atoms. The first kappa shape index (κ1) is 13.4. The van der Waals surface area contributed by atoms with Crippen LogP contribution in [-0.4, -0.2) is 15.5 Å². The molecular weight excluding hydrogens is 318 g/mol. The number of nitrogens with zero attached hydrogens (tertiary/aromatic N) is 2. The average Bonchev–Trinajstić information content (AvgIpc) is 2.66. The molecule has 1 aromatic carbocycles. The monoisotopic (exact) mass is 329 g/mol. The molecule has 0 aliphatic heterocycles. The van der Waals surface area contributed by atoms with E-state index in [1.54, 1.807) is 0 Å². The zero-order chi connectivity index (χ0) is 13.1. The second-order valence-corrected chi connectivity index (χ2v) is 5.20. The number of carbonyl (C=O) groups excluding carboxylic acids is 1. The van der Waals surface area contributed by atoms with Gasteiger partial charge in [0.1, 0.15) is 5.82 Å². The molecule has 2 rings (SSSR count). The molecule has 0 saturated carbocycles. The predicted molar refractivity (Wildman–Crippen MR) is 75.4 cm³/mol. The van der Waals surface area contributed by atoms with E-state index in [1.807, 2.05) is 22.8 Å². The van der Waals surface area contributed by atoms with Crippen molar-refractivity contribution in [3.63, 3.8) is 0 Å². The number of fused-ring (bicyclic) bond motifs is 1. The molecule has 0 aliphatic carbocycles. The molecule has 0 radical (unpaired) electrons. The molecule has 6 heteroatoms. The number of aromatic nitrogens is 2. The maximum Gasteiger partial charge on any atom is 0.217 e. The standard InChI is InChI=1S/C12H13BrClN3O/c13-8-3-4-10-9(6-8)16-12(7-14)17(10)5-1-2-11(15)18/h3-4,6H,1-2,5,7H2,(H2,15,18). The highest BCUT2D eigenvalue weighted by molar-refractivity contribution is 9.10. The average molecular weight is 331 g/mol. The first-order valence-electron chi connectivity index (χ1n) is 5.60. The van der Waals surface area contributed by atoms with E-state index >= 15 is 0 Å². The van der Waals surface area contributed by atoms with Crippen LogP contribution in [0.3, 0.4) is 0 Å². The molecule has 18 heavy (non-hydrogen) atoms. The third-order valence-corrected chi connectivity index (χ3v) is 3.45. The van der Waals surface area contributed by atoms with Crippen LogP contribution in [0, 0.1) is 0 Å². The number of hydrogen-bond donors (Lipinski definition) is 1. The van der Waals surface area contributed by atoms with E-state index in [0.29, 0.717) is 25.3 Å². The first-order valence-corrected chi connectivity index (χ1v) is 6.93. The van der Waals surface area contributed by atoms with E-state index in [0.717, 1.165) is 21.3 Å². The molecule has 96 valence electrons. The Hall–Kier alpha value is -1.07. The predicted octanol–water partition coefficient (Wildman–Crippen LogP) is 2.80. The molecule has 0 unspecified atom stereocenters. The van der Waals surface area contributed by atoms with Crippen LogP contribution in [0.25, 0.3) is 11.0 Å². The van der Waals surface area contributed by atoms with Gasteiger partial charge in [-0.05, 0) is 24.6 Å². The molecule has 0 spiro atoms. The lowest BCUT2D eigenvalue weighted by Gasteiger charge is -2.06. The summed E-state index contributed by atoms with van der Waals surface area (Å²) in [6.07, 6.45) is 1.07. The largest absolute Gasteiger partial charge is 0.370 e. The maximum absolute atomic E-state index is 10.8. The highest BCUT2D eigenvalue weighted by Crippen LogP contribution is 2.22. The highest BCUT2D eigenvalue weighted by atomic mass is 79.9. The Morgan fingerprint density at radius 3 is 2.94 bits per heavy atom. The summed E-state index contributed by atoms with van der Waals surface area (Å²) in [5, 5.41) is 0. The molecule has 4 nitrogen and oxygen atoms in total. The number of hydrogen-bond acceptors (Lipinski definition) is 2. The van der Waals surface area contributed by atoms with Crippen LogP contribution in [0.4, 0.5) is 0 Å². The summed E-state index contributed by atoms with van der Waals surface area (Å²) in [6.45, 7) is 0.698. The minimum atomic E-state index is -0.283. The lowest BCUT2D eigenvalue weighted by Crippen LogP contribution is -2.12. The van der Waals surface area contributed by atoms with Gasteiger partial charge in [0.05, 0.1) is 16.9 Å². The number of benzene rings is 1. The van der Waals surface area contributed by atoms with E-state index in [2.05, 4.69) is 20.9 Å². The van der Waals surface area contributed by atoms with Crippen molar-refractivity contribution in [1.82, 2.24) is 9.55 Å². The fourth-order valence-electron chi connectivity index (χ4n) is 1.92. The van der Waals surface area contributed by atoms with Gasteiger partial charge in [0.2, 0.25) is 5.91 Å². The Kier molecular flexibility index (Phi) is 4.24. The van der Waals surface area contributed by atoms with Gasteiger partial charge in [-0.2, -0.15) is 0 Å². The summed E-state index contributed by atoms with van der Waals surface area (Å²) in [5.41, 5.74) is 7.07. The zero-order valence-corrected chi connectivity index (χ0v) is 12.0. The number of alkyl halides is 1. The van der Waals surface area contributed by atoms with Crippen LogP contribution in [-0.2, 0) is 17.2 Å². The van der Waals surface area contributed by atoms with Gasteiger partial charge in [-0.1, -0.05) is 15.9 Å². The quantitative estimate of drug-likeness (QED) is 0.857. The van der Waals surface area contributed by atoms with Gasteiger partial charge in [-0.25, -0.2) is 4.98 Å². The van der Waals surface area contributed by atoms with Crippen LogP contribution >= 0.6 is 27.5 Å². The van der Waals surface area contributed by atoms with Crippen LogP contribution in [0.15, 0.2) is 22.7 Å². The summed E-state index contributed by atoms with van der Waals surface area (Å²) in [6, 6.07) is 5.91. The van der Waals surface area contributed by atoms with Gasteiger partial charge in [-0.3, -0.25) is 4.79 Å². The van der Waals surface area contributed by atoms with Crippen LogP contribution < -0.4 is 5.73 Å². The van der Waals surface area contributed by atoms with Crippen molar-refractivity contribution in [3.8, 4) is 0 Å². The summed E-state index contributed by atoms with van der Waals surface area (Å²) < 4.78 is 3.02. The second-order valence-electron chi connectivity index (χ2n) is 4.02. The SMILES string of the molecule is NC(=O)CCCn1c(CCl)nc2cc(Br)ccc21. The number of imidazole rings is 1. The minimum Gasteiger partial charge on any atom is -0.370 e. The van der Waals surface area contributed by atoms with Gasteiger partial charge in [0, 0.05) is 17.4 Å². The van der Waals surface area contributed by atoms with Gasteiger partial charge in [0.15, 0.2) is 0 Å². The first-order chi connectivity index (χ1) is 8.61. The van der Waals surface area contributed by atoms with Crippen molar-refractivity contribution in [2.45, 2.75) is 25.3 Å². The topological polar surface area (TPSA) is 60.9 Å². The summed E-state index contributed by atoms with van der Waals surface area (Å²) in [5.74, 6) is 0.881. The van der Waals surface area contributed by atoms with Crippen LogP contribution in [0.1, 0.15) is 18.7 Å². The fourth-order valence-corrected chi connectivity index (χ4v) is 2.47. The molecule has 2 aromatic rings. The van der Waals surface area contributed by atoms with Crippen molar-refractivity contribution in [2.24, 2.45) is 5.73 Å². The molecule has 1 heterocycles. The molecule has 0 aliphatic rings. The van der Waals surface area contributed by atoms with Crippen molar-refractivity contribution in [2.75, 3.05) is 0 Å². The summed E-state index contributed by atoms with van der Waals surface area (Å²) in [7, 11) is 0. The summed E-state index contributed by atoms with van der Waals surface area (Å²) >= 11 is 9.31. The molecular formula is C12H13BrClN3O. The number of carbonyl (C=O) groups is 1. The highest BCUT2D eigenvalue weighted by Gasteiger charge is 2.10. The number of nitrogens with two attached hydrogens (primary N) is 1. The Morgan fingerprint density at radius 2 is 2.28 bits per heavy atom. The zero-order valence-electron chi connectivity index (χ0n) is 9.70. The lowest BCUT2D eigenvalue weighted by molar-refractivity contribution is -0.118. The molecule has 0 fully saturated rings. The van der Waals surface area contributed by atoms with Crippen molar-refractivity contribution in [1.29, 1.82) is 0 Å². The second kappa shape index (κ2) is 5.71. The molecule has 2 N–H and O–H groups in total. The Balaban J connectivity index is 2.31. The molecule has 1 amide bonds. The molecule has 0 atom stereocenters. The van der Waals surface area contributed by atoms with E-state index < -0.39 is 0 Å². The van der Waals surface area contributed by atoms with Gasteiger partial charge >= 0.3 is 0 Å². The van der Waals surface area contributed by atoms with Crippen LogP contribution in [0.5, 0.6) is 0 Å². The number of halogens is 2. The van der Waals surface area contributed by atoms with E-state index in [1.165, 1.54) is 0 Å². The Labute approximate surface area is 118 Å². The smallest absolute Gasteiger partial charge is 0.217 e. The number of rotatable bonds is 5. The normalized spacial score (nSPS) is 11.0. The van der Waals surface area contributed by atoms with Crippen molar-refractivity contribution < 1.29 is 4.79 Å². The number of amides is 1. The maximum atomic E-state index is 10.8. The van der Waals surface area contributed by atoms with Crippen molar-refractivity contribution in [3.05, 3.63) is 28.5 Å². The van der Waals surface area contributed by atoms with Gasteiger partial charge < -0.3 is 10.3 Å². The fraction of sp³-hybridized carbons (Fsp3) is 0.333. The third-order valence-electron chi connectivity index (χ3n) is 2.71. The van der Waals surface area contributed by atoms with Crippen LogP contribution in [0.2, 0.25) is 0 Å². The van der Waals surface area contributed by atoms with E-state index in [-0.39, 0.29) is 5.91 Å². The minimum absolute atomic E-state index is 0.283. The van der Waals surface area contributed by atoms with Gasteiger partial charge in [-0.15, -0.1) is 11.6 Å². The van der Waals surface area contributed by atoms with Crippen molar-refractivity contribution >= 4 is 44.5 Å². The lowest BCUT2D eigenvalue weighted by atomic mass is 10.3. The summed E-state index contributed by atoms with van der Waals surface area (Å²) in [4.78, 5) is 15.2. The number of primary amides is 1. The Bertz CT molecular complexity index is 582.